The van der Waals surface area contributed by atoms with Crippen LogP contribution in [0, 0.1) is 0 Å². The second kappa shape index (κ2) is 27.3. The van der Waals surface area contributed by atoms with Gasteiger partial charge in [0.05, 0.1) is 25.9 Å². The lowest BCUT2D eigenvalue weighted by Crippen LogP contribution is -2.00. The molecule has 0 unspecified atom stereocenters. The molecule has 0 aliphatic rings. The van der Waals surface area contributed by atoms with Crippen LogP contribution < -0.4 is 0 Å². The van der Waals surface area contributed by atoms with E-state index in [-0.39, 0.29) is 0 Å². The molecule has 8 heterocycles. The molecule has 106 heavy (non-hydrogen) atoms. The zero-order valence-corrected chi connectivity index (χ0v) is 57.8. The highest BCUT2D eigenvalue weighted by atomic mass is 32.1. The number of hydrogen-bond acceptors (Lipinski definition) is 17. The molecule has 20 rings (SSSR count). The van der Waals surface area contributed by atoms with Crippen LogP contribution in [0.15, 0.2) is 322 Å². The molecular weight excluding hydrogens is 1340 g/mol. The first-order chi connectivity index (χ1) is 52.5. The van der Waals surface area contributed by atoms with E-state index in [0.29, 0.717) is 40.5 Å². The van der Waals surface area contributed by atoms with Crippen LogP contribution in [0.2, 0.25) is 0 Å². The fourth-order valence-electron chi connectivity index (χ4n) is 13.2. The lowest BCUT2D eigenvalue weighted by molar-refractivity contribution is 0.904. The predicted molar refractivity (Wildman–Crippen MR) is 426 cm³/mol. The Balaban J connectivity index is 0.000000145. The topological polar surface area (TPSA) is 193 Å². The maximum absolute atomic E-state index is 5.01. The Morgan fingerprint density at radius 3 is 0.972 bits per heavy atom. The second-order valence-electron chi connectivity index (χ2n) is 25.3. The monoisotopic (exact) mass is 1400 g/mol. The Kier molecular flexibility index (Phi) is 16.2. The van der Waals surface area contributed by atoms with Gasteiger partial charge in [-0.3, -0.25) is 0 Å². The molecule has 12 aromatic carbocycles. The molecule has 0 saturated heterocycles. The molecule has 0 fully saturated rings. The third-order valence-electron chi connectivity index (χ3n) is 18.6. The summed E-state index contributed by atoms with van der Waals surface area (Å²) < 4.78 is 1.89. The molecule has 0 amide bonds. The van der Waals surface area contributed by atoms with Crippen LogP contribution >= 0.6 is 22.7 Å². The minimum Gasteiger partial charge on any atom is -0.241 e. The number of pyridine rings is 1. The number of fused-ring (bicyclic) bond motifs is 8. The standard InChI is InChI=1S/C45H27N7S.C44H26N8S/c1-3-10-28(11-4-1)29-20-24-33(25-21-29)43-47-42(32-12-5-2-6-13-32)48-44(49-43)36-16-9-15-34(26-36)30-18-22-31(23-19-30)39-41-40(51-52-50-39)37-27-35-14-7-8-17-38(35)46-45(37)53-41;1-3-10-27(11-4-1)28-20-24-32(25-21-28)42-47-41(31-12-5-2-6-13-31)48-43(49-42)34-15-9-14-33(26-34)29-18-22-30(23-19-29)37-40-38(51-52-50-37)39-44(53-40)46-36-17-8-7-16-35(36)45-39/h1-27H;1-26H. The molecule has 17 heteroatoms. The molecule has 15 nitrogen and oxygen atoms in total. The molecule has 0 radical (unpaired) electrons. The van der Waals surface area contributed by atoms with Gasteiger partial charge in [-0.05, 0) is 91.3 Å². The van der Waals surface area contributed by atoms with Crippen molar-refractivity contribution < 1.29 is 0 Å². The number of thiophene rings is 2. The summed E-state index contributed by atoms with van der Waals surface area (Å²) >= 11 is 3.14. The zero-order chi connectivity index (χ0) is 70.3. The van der Waals surface area contributed by atoms with Crippen molar-refractivity contribution in [1.82, 2.24) is 75.7 Å². The highest BCUT2D eigenvalue weighted by Crippen LogP contribution is 2.41. The van der Waals surface area contributed by atoms with Crippen molar-refractivity contribution in [2.24, 2.45) is 0 Å². The van der Waals surface area contributed by atoms with Gasteiger partial charge in [0, 0.05) is 55.3 Å². The summed E-state index contributed by atoms with van der Waals surface area (Å²) in [5.74, 6) is 3.71. The van der Waals surface area contributed by atoms with Crippen LogP contribution in [0.4, 0.5) is 0 Å². The van der Waals surface area contributed by atoms with Gasteiger partial charge in [0.2, 0.25) is 0 Å². The first-order valence-electron chi connectivity index (χ1n) is 34.3. The van der Waals surface area contributed by atoms with Gasteiger partial charge in [0.1, 0.15) is 37.6 Å². The third kappa shape index (κ3) is 12.3. The van der Waals surface area contributed by atoms with E-state index in [1.165, 1.54) is 16.9 Å². The lowest BCUT2D eigenvalue weighted by Gasteiger charge is -2.10. The minimum absolute atomic E-state index is 0.605. The zero-order valence-electron chi connectivity index (χ0n) is 56.1. The number of para-hydroxylation sites is 3. The van der Waals surface area contributed by atoms with Crippen LogP contribution in [0.25, 0.3) is 198 Å². The maximum atomic E-state index is 5.01. The van der Waals surface area contributed by atoms with Gasteiger partial charge in [0.15, 0.2) is 34.9 Å². The Hall–Kier alpha value is -14.1. The van der Waals surface area contributed by atoms with Crippen molar-refractivity contribution in [2.45, 2.75) is 0 Å². The van der Waals surface area contributed by atoms with Gasteiger partial charge in [-0.15, -0.1) is 43.1 Å². The Labute approximate surface area is 614 Å². The molecule has 0 spiro atoms. The molecule has 0 bridgehead atoms. The molecule has 496 valence electrons. The van der Waals surface area contributed by atoms with Crippen LogP contribution in [-0.2, 0) is 0 Å². The van der Waals surface area contributed by atoms with Gasteiger partial charge < -0.3 is 0 Å². The van der Waals surface area contributed by atoms with Gasteiger partial charge in [-0.1, -0.05) is 285 Å². The summed E-state index contributed by atoms with van der Waals surface area (Å²) in [7, 11) is 0. The van der Waals surface area contributed by atoms with Gasteiger partial charge in [-0.25, -0.2) is 44.9 Å². The van der Waals surface area contributed by atoms with Crippen LogP contribution in [0.5, 0.6) is 0 Å². The molecule has 0 atom stereocenters. The molecule has 0 N–H and O–H groups in total. The van der Waals surface area contributed by atoms with Crippen LogP contribution in [-0.4, -0.2) is 75.7 Å². The van der Waals surface area contributed by atoms with Crippen molar-refractivity contribution in [1.29, 1.82) is 0 Å². The van der Waals surface area contributed by atoms with Crippen LogP contribution in [0.1, 0.15) is 0 Å². The highest BCUT2D eigenvalue weighted by molar-refractivity contribution is 7.26. The summed E-state index contributed by atoms with van der Waals surface area (Å²) in [6.45, 7) is 0. The smallest absolute Gasteiger partial charge is 0.164 e. The summed E-state index contributed by atoms with van der Waals surface area (Å²) in [4.78, 5) is 46.1. The largest absolute Gasteiger partial charge is 0.241 e. The van der Waals surface area contributed by atoms with E-state index in [4.69, 9.17) is 44.9 Å². The van der Waals surface area contributed by atoms with Gasteiger partial charge in [-0.2, -0.15) is 0 Å². The molecule has 0 aliphatic carbocycles. The van der Waals surface area contributed by atoms with Crippen molar-refractivity contribution in [3.8, 4) is 135 Å². The Morgan fingerprint density at radius 2 is 0.500 bits per heavy atom. The van der Waals surface area contributed by atoms with Gasteiger partial charge >= 0.3 is 0 Å². The average molecular weight is 1400 g/mol. The number of benzene rings is 12. The molecule has 8 aromatic heterocycles. The molecular formula is C89H53N15S2. The molecule has 0 aliphatic heterocycles. The maximum Gasteiger partial charge on any atom is 0.164 e. The van der Waals surface area contributed by atoms with E-state index in [0.717, 1.165) is 152 Å². The van der Waals surface area contributed by atoms with Crippen molar-refractivity contribution in [3.05, 3.63) is 322 Å². The average Bonchev–Trinajstić information content (AvgIpc) is 1.62. The normalized spacial score (nSPS) is 11.4. The quantitative estimate of drug-likeness (QED) is 0.112. The summed E-state index contributed by atoms with van der Waals surface area (Å²) in [6, 6.07) is 109. The lowest BCUT2D eigenvalue weighted by atomic mass is 10.0. The first-order valence-corrected chi connectivity index (χ1v) is 36.0. The second-order valence-corrected chi connectivity index (χ2v) is 27.3. The molecule has 20 aromatic rings. The first kappa shape index (κ1) is 62.8. The summed E-state index contributed by atoms with van der Waals surface area (Å²) in [5.41, 5.74) is 22.7. The van der Waals surface area contributed by atoms with Crippen molar-refractivity contribution in [3.63, 3.8) is 0 Å². The van der Waals surface area contributed by atoms with E-state index in [1.54, 1.807) is 11.3 Å². The minimum atomic E-state index is 0.605. The number of hydrogen-bond donors (Lipinski definition) is 0. The number of aromatic nitrogens is 15. The summed E-state index contributed by atoms with van der Waals surface area (Å²) in [5, 5.41) is 28.1. The van der Waals surface area contributed by atoms with Crippen molar-refractivity contribution in [2.75, 3.05) is 0 Å². The van der Waals surface area contributed by atoms with E-state index in [9.17, 15) is 0 Å². The predicted octanol–water partition coefficient (Wildman–Crippen LogP) is 21.3. The van der Waals surface area contributed by atoms with Gasteiger partial charge in [0.25, 0.3) is 0 Å². The third-order valence-corrected chi connectivity index (χ3v) is 20.8. The fourth-order valence-corrected chi connectivity index (χ4v) is 15.4. The summed E-state index contributed by atoms with van der Waals surface area (Å²) in [6.07, 6.45) is 0. The SMILES string of the molecule is c1ccc(-c2ccc(-c3nc(-c4ccccc4)nc(-c4cccc(-c5ccc(-c6nnnc7c6sc6nc8ccccc8cc67)cc5)c4)n3)cc2)cc1.c1ccc(-c2ccc(-c3nc(-c4ccccc4)nc(-c4cccc(-c5ccc(-c6nnnc7c6sc6nc8ccccc8nc67)cc5)c4)n3)cc2)cc1. The van der Waals surface area contributed by atoms with E-state index >= 15 is 0 Å². The van der Waals surface area contributed by atoms with E-state index in [2.05, 4.69) is 201 Å². The highest BCUT2D eigenvalue weighted by Gasteiger charge is 2.21. The Bertz CT molecular complexity index is 6270. The Morgan fingerprint density at radius 1 is 0.189 bits per heavy atom. The number of nitrogens with zero attached hydrogens (tertiary/aromatic N) is 15. The van der Waals surface area contributed by atoms with Crippen LogP contribution in [0.3, 0.4) is 0 Å². The molecule has 0 saturated carbocycles. The van der Waals surface area contributed by atoms with E-state index < -0.39 is 0 Å². The fraction of sp³-hybridized carbons (Fsp3) is 0. The van der Waals surface area contributed by atoms with Crippen molar-refractivity contribution >= 4 is 85.6 Å². The van der Waals surface area contributed by atoms with E-state index in [1.807, 2.05) is 152 Å². The number of rotatable bonds is 12.